The monoisotopic (exact) mass is 348 g/mol. The van der Waals surface area contributed by atoms with Crippen LogP contribution in [0, 0.1) is 5.92 Å². The molecule has 0 aliphatic carbocycles. The Kier molecular flexibility index (Phi) is 8.11. The average molecular weight is 348 g/mol. The van der Waals surface area contributed by atoms with Gasteiger partial charge in [-0.2, -0.15) is 0 Å². The van der Waals surface area contributed by atoms with E-state index in [1.807, 2.05) is 13.8 Å². The van der Waals surface area contributed by atoms with Crippen molar-refractivity contribution in [2.45, 2.75) is 46.6 Å². The van der Waals surface area contributed by atoms with Gasteiger partial charge in [0.05, 0.1) is 0 Å². The number of carbonyl (C=O) groups excluding carboxylic acids is 2. The quantitative estimate of drug-likeness (QED) is 0.718. The summed E-state index contributed by atoms with van der Waals surface area (Å²) in [6.45, 7) is 8.81. The number of aliphatic carboxylic acids is 1. The zero-order chi connectivity index (χ0) is 19.0. The molecule has 0 fully saturated rings. The van der Waals surface area contributed by atoms with Crippen molar-refractivity contribution < 1.29 is 19.5 Å². The lowest BCUT2D eigenvalue weighted by atomic mass is 10.0. The third-order valence-corrected chi connectivity index (χ3v) is 3.87. The van der Waals surface area contributed by atoms with Crippen LogP contribution >= 0.6 is 0 Å². The zero-order valence-corrected chi connectivity index (χ0v) is 15.4. The Morgan fingerprint density at radius 1 is 1.08 bits per heavy atom. The largest absolute Gasteiger partial charge is 0.480 e. The van der Waals surface area contributed by atoms with E-state index in [9.17, 15) is 19.5 Å². The van der Waals surface area contributed by atoms with Crippen LogP contribution in [0.25, 0.3) is 0 Å². The summed E-state index contributed by atoms with van der Waals surface area (Å²) in [6, 6.07) is 5.45. The summed E-state index contributed by atoms with van der Waals surface area (Å²) in [4.78, 5) is 38.0. The van der Waals surface area contributed by atoms with Gasteiger partial charge in [0, 0.05) is 24.2 Å². The second-order valence-corrected chi connectivity index (χ2v) is 6.41. The van der Waals surface area contributed by atoms with E-state index in [1.165, 1.54) is 6.07 Å². The second-order valence-electron chi connectivity index (χ2n) is 6.41. The fourth-order valence-electron chi connectivity index (χ4n) is 2.57. The Morgan fingerprint density at radius 3 is 2.12 bits per heavy atom. The molecule has 0 saturated heterocycles. The maximum absolute atomic E-state index is 12.6. The Hall–Kier alpha value is -2.37. The molecule has 25 heavy (non-hydrogen) atoms. The summed E-state index contributed by atoms with van der Waals surface area (Å²) in [7, 11) is 0. The molecule has 0 aliphatic rings. The van der Waals surface area contributed by atoms with Crippen molar-refractivity contribution in [1.82, 2.24) is 10.2 Å². The first-order chi connectivity index (χ1) is 11.8. The number of carboxylic acid groups (broad SMARTS) is 1. The number of amides is 2. The minimum atomic E-state index is -1.08. The van der Waals surface area contributed by atoms with Gasteiger partial charge in [0.2, 0.25) is 0 Å². The third kappa shape index (κ3) is 5.89. The summed E-state index contributed by atoms with van der Waals surface area (Å²) >= 11 is 0. The Labute approximate surface area is 149 Å². The normalized spacial score (nSPS) is 11.9. The van der Waals surface area contributed by atoms with Crippen LogP contribution in [0.1, 0.15) is 61.3 Å². The van der Waals surface area contributed by atoms with Crippen molar-refractivity contribution >= 4 is 17.8 Å². The van der Waals surface area contributed by atoms with Crippen LogP contribution in [0.5, 0.6) is 0 Å². The predicted molar refractivity (Wildman–Crippen MR) is 96.7 cm³/mol. The van der Waals surface area contributed by atoms with Gasteiger partial charge in [0.1, 0.15) is 6.04 Å². The fraction of sp³-hybridized carbons (Fsp3) is 0.526. The minimum Gasteiger partial charge on any atom is -0.480 e. The maximum Gasteiger partial charge on any atom is 0.326 e. The predicted octanol–water partition coefficient (Wildman–Crippen LogP) is 2.79. The first-order valence-corrected chi connectivity index (χ1v) is 8.74. The highest BCUT2D eigenvalue weighted by Crippen LogP contribution is 2.11. The molecule has 0 heterocycles. The van der Waals surface area contributed by atoms with Gasteiger partial charge in [-0.1, -0.05) is 33.8 Å². The number of hydrogen-bond donors (Lipinski definition) is 2. The molecule has 1 rings (SSSR count). The van der Waals surface area contributed by atoms with Crippen molar-refractivity contribution in [1.29, 1.82) is 0 Å². The summed E-state index contributed by atoms with van der Waals surface area (Å²) in [5.74, 6) is -1.92. The van der Waals surface area contributed by atoms with E-state index in [4.69, 9.17) is 0 Å². The van der Waals surface area contributed by atoms with Crippen molar-refractivity contribution in [3.05, 3.63) is 35.4 Å². The van der Waals surface area contributed by atoms with Gasteiger partial charge in [0.25, 0.3) is 11.8 Å². The van der Waals surface area contributed by atoms with Crippen LogP contribution in [0.3, 0.4) is 0 Å². The molecule has 6 heteroatoms. The zero-order valence-electron chi connectivity index (χ0n) is 15.4. The highest BCUT2D eigenvalue weighted by Gasteiger charge is 2.24. The highest BCUT2D eigenvalue weighted by atomic mass is 16.4. The number of benzene rings is 1. The highest BCUT2D eigenvalue weighted by molar-refractivity contribution is 6.00. The molecule has 1 aromatic rings. The lowest BCUT2D eigenvalue weighted by Gasteiger charge is -2.22. The molecular weight excluding hydrogens is 320 g/mol. The van der Waals surface area contributed by atoms with E-state index in [2.05, 4.69) is 5.32 Å². The third-order valence-electron chi connectivity index (χ3n) is 3.87. The minimum absolute atomic E-state index is 0.114. The lowest BCUT2D eigenvalue weighted by molar-refractivity contribution is -0.140. The van der Waals surface area contributed by atoms with Crippen LogP contribution in [-0.4, -0.2) is 46.9 Å². The van der Waals surface area contributed by atoms with Crippen LogP contribution in [0.15, 0.2) is 24.3 Å². The van der Waals surface area contributed by atoms with E-state index < -0.39 is 17.9 Å². The Balaban J connectivity index is 2.98. The lowest BCUT2D eigenvalue weighted by Crippen LogP contribution is -2.44. The SMILES string of the molecule is CCCN(CCC)C(=O)c1cccc(C(=O)N[C@@H](C(=O)O)C(C)C)c1. The Bertz CT molecular complexity index is 607. The molecule has 2 N–H and O–H groups in total. The van der Waals surface area contributed by atoms with E-state index >= 15 is 0 Å². The summed E-state index contributed by atoms with van der Waals surface area (Å²) in [5, 5.41) is 11.7. The van der Waals surface area contributed by atoms with Crippen molar-refractivity contribution in [3.63, 3.8) is 0 Å². The van der Waals surface area contributed by atoms with E-state index in [0.717, 1.165) is 12.8 Å². The molecule has 0 unspecified atom stereocenters. The average Bonchev–Trinajstić information content (AvgIpc) is 2.58. The number of nitrogens with one attached hydrogen (secondary N) is 1. The van der Waals surface area contributed by atoms with Crippen molar-refractivity contribution in [2.24, 2.45) is 5.92 Å². The molecule has 0 aliphatic heterocycles. The van der Waals surface area contributed by atoms with Gasteiger partial charge in [-0.25, -0.2) is 4.79 Å². The van der Waals surface area contributed by atoms with Crippen LogP contribution in [0.4, 0.5) is 0 Å². The number of carboxylic acids is 1. The molecule has 6 nitrogen and oxygen atoms in total. The molecule has 0 spiro atoms. The van der Waals surface area contributed by atoms with Gasteiger partial charge in [0.15, 0.2) is 0 Å². The standard InChI is InChI=1S/C19H28N2O4/c1-5-10-21(11-6-2)18(23)15-9-7-8-14(12-15)17(22)20-16(13(3)4)19(24)25/h7-9,12-13,16H,5-6,10-11H2,1-4H3,(H,20,22)(H,24,25)/t16-/m1/s1. The molecule has 0 aromatic heterocycles. The molecule has 0 saturated carbocycles. The van der Waals surface area contributed by atoms with E-state index in [1.54, 1.807) is 36.9 Å². The molecule has 138 valence electrons. The topological polar surface area (TPSA) is 86.7 Å². The van der Waals surface area contributed by atoms with E-state index in [-0.39, 0.29) is 17.4 Å². The van der Waals surface area contributed by atoms with Gasteiger partial charge < -0.3 is 15.3 Å². The number of hydrogen-bond acceptors (Lipinski definition) is 3. The fourth-order valence-corrected chi connectivity index (χ4v) is 2.57. The van der Waals surface area contributed by atoms with Crippen molar-refractivity contribution in [2.75, 3.05) is 13.1 Å². The second kappa shape index (κ2) is 9.81. The van der Waals surface area contributed by atoms with Gasteiger partial charge in [-0.3, -0.25) is 9.59 Å². The van der Waals surface area contributed by atoms with Crippen LogP contribution in [-0.2, 0) is 4.79 Å². The maximum atomic E-state index is 12.6. The number of rotatable bonds is 9. The summed E-state index contributed by atoms with van der Waals surface area (Å²) in [5.41, 5.74) is 0.719. The molecule has 0 bridgehead atoms. The summed E-state index contributed by atoms with van der Waals surface area (Å²) < 4.78 is 0. The van der Waals surface area contributed by atoms with Crippen molar-refractivity contribution in [3.8, 4) is 0 Å². The van der Waals surface area contributed by atoms with Gasteiger partial charge >= 0.3 is 5.97 Å². The smallest absolute Gasteiger partial charge is 0.326 e. The first-order valence-electron chi connectivity index (χ1n) is 8.74. The summed E-state index contributed by atoms with van der Waals surface area (Å²) in [6.07, 6.45) is 1.72. The number of nitrogens with zero attached hydrogens (tertiary/aromatic N) is 1. The Morgan fingerprint density at radius 2 is 1.64 bits per heavy atom. The number of carbonyl (C=O) groups is 3. The van der Waals surface area contributed by atoms with Crippen LogP contribution in [0.2, 0.25) is 0 Å². The molecule has 1 atom stereocenters. The van der Waals surface area contributed by atoms with E-state index in [0.29, 0.717) is 18.7 Å². The van der Waals surface area contributed by atoms with Gasteiger partial charge in [-0.05, 0) is 37.0 Å². The molecule has 0 radical (unpaired) electrons. The molecular formula is C19H28N2O4. The first kappa shape index (κ1) is 20.7. The van der Waals surface area contributed by atoms with Gasteiger partial charge in [-0.15, -0.1) is 0 Å². The molecule has 2 amide bonds. The molecule has 1 aromatic carbocycles. The van der Waals surface area contributed by atoms with Crippen LogP contribution < -0.4 is 5.32 Å².